The maximum atomic E-state index is 10.3. The lowest BCUT2D eigenvalue weighted by Crippen LogP contribution is -2.11. The van der Waals surface area contributed by atoms with Crippen molar-refractivity contribution >= 4 is 0 Å². The molecule has 2 aromatic rings. The molecule has 0 amide bonds. The van der Waals surface area contributed by atoms with Crippen LogP contribution in [0.25, 0.3) is 0 Å². The summed E-state index contributed by atoms with van der Waals surface area (Å²) >= 11 is 0. The number of hydrogen-bond donors (Lipinski definition) is 1. The third-order valence-corrected chi connectivity index (χ3v) is 3.74. The van der Waals surface area contributed by atoms with Crippen molar-refractivity contribution in [3.8, 4) is 0 Å². The van der Waals surface area contributed by atoms with E-state index in [4.69, 9.17) is 0 Å². The van der Waals surface area contributed by atoms with E-state index in [2.05, 4.69) is 57.1 Å². The first kappa shape index (κ1) is 15.8. The zero-order valence-corrected chi connectivity index (χ0v) is 13.5. The van der Waals surface area contributed by atoms with Crippen molar-refractivity contribution in [1.29, 1.82) is 0 Å². The lowest BCUT2D eigenvalue weighted by molar-refractivity contribution is 0.178. The number of hydrogen-bond acceptors (Lipinski definition) is 2. The van der Waals surface area contributed by atoms with E-state index in [1.54, 1.807) is 6.20 Å². The summed E-state index contributed by atoms with van der Waals surface area (Å²) in [5.41, 5.74) is 3.52. The van der Waals surface area contributed by atoms with E-state index in [9.17, 15) is 5.11 Å². The molecular weight excluding hydrogens is 260 g/mol. The summed E-state index contributed by atoms with van der Waals surface area (Å²) in [4.78, 5) is 0. The normalized spacial score (nSPS) is 13.4. The average molecular weight is 286 g/mol. The number of rotatable bonds is 5. The Kier molecular flexibility index (Phi) is 4.84. The molecule has 0 aliphatic carbocycles. The molecular formula is C18H26N2O. The van der Waals surface area contributed by atoms with Gasteiger partial charge in [-0.1, -0.05) is 52.0 Å². The topological polar surface area (TPSA) is 38.0 Å². The first-order valence-electron chi connectivity index (χ1n) is 7.70. The summed E-state index contributed by atoms with van der Waals surface area (Å²) in [5.74, 6) is 0. The van der Waals surface area contributed by atoms with Crippen LogP contribution in [0.15, 0.2) is 36.7 Å². The number of nitrogens with zero attached hydrogens (tertiary/aromatic N) is 2. The van der Waals surface area contributed by atoms with Crippen molar-refractivity contribution < 1.29 is 5.11 Å². The van der Waals surface area contributed by atoms with Gasteiger partial charge in [0.05, 0.1) is 12.3 Å². The molecule has 1 aromatic carbocycles. The average Bonchev–Trinajstić information content (AvgIpc) is 2.87. The van der Waals surface area contributed by atoms with Crippen LogP contribution >= 0.6 is 0 Å². The van der Waals surface area contributed by atoms with E-state index >= 15 is 0 Å². The summed E-state index contributed by atoms with van der Waals surface area (Å²) in [6, 6.07) is 8.53. The van der Waals surface area contributed by atoms with Gasteiger partial charge < -0.3 is 5.11 Å². The number of benzene rings is 1. The van der Waals surface area contributed by atoms with Crippen molar-refractivity contribution in [2.24, 2.45) is 0 Å². The third-order valence-electron chi connectivity index (χ3n) is 3.74. The van der Waals surface area contributed by atoms with Crippen LogP contribution in [-0.4, -0.2) is 14.9 Å². The van der Waals surface area contributed by atoms with Crippen molar-refractivity contribution in [3.05, 3.63) is 53.3 Å². The number of aromatic nitrogens is 2. The number of aliphatic hydroxyl groups is 1. The summed E-state index contributed by atoms with van der Waals surface area (Å²) in [6.45, 7) is 9.64. The van der Waals surface area contributed by atoms with Gasteiger partial charge in [0.15, 0.2) is 0 Å². The van der Waals surface area contributed by atoms with Gasteiger partial charge in [0.1, 0.15) is 0 Å². The highest BCUT2D eigenvalue weighted by Gasteiger charge is 2.14. The Bertz CT molecular complexity index is 564. The lowest BCUT2D eigenvalue weighted by atomic mass is 9.86. The Hall–Kier alpha value is -1.61. The Balaban J connectivity index is 2.03. The van der Waals surface area contributed by atoms with E-state index in [1.807, 2.05) is 10.9 Å². The molecule has 1 unspecified atom stereocenters. The van der Waals surface area contributed by atoms with Crippen molar-refractivity contribution in [2.45, 2.75) is 58.6 Å². The van der Waals surface area contributed by atoms with Gasteiger partial charge in [-0.3, -0.25) is 4.68 Å². The molecule has 0 saturated carbocycles. The van der Waals surface area contributed by atoms with Crippen LogP contribution in [0.2, 0.25) is 0 Å². The molecule has 0 fully saturated rings. The quantitative estimate of drug-likeness (QED) is 0.906. The van der Waals surface area contributed by atoms with E-state index in [0.717, 1.165) is 24.1 Å². The second kappa shape index (κ2) is 6.44. The standard InChI is InChI=1S/C18H26N2O/c1-5-10-20-13-15(12-19-20)17(21)11-14-6-8-16(9-7-14)18(2,3)4/h6-9,12-13,17,21H,5,10-11H2,1-4H3. The molecule has 114 valence electrons. The summed E-state index contributed by atoms with van der Waals surface area (Å²) in [5, 5.41) is 14.6. The fourth-order valence-corrected chi connectivity index (χ4v) is 2.38. The molecule has 21 heavy (non-hydrogen) atoms. The first-order chi connectivity index (χ1) is 9.90. The van der Waals surface area contributed by atoms with Gasteiger partial charge in [-0.05, 0) is 23.0 Å². The number of aliphatic hydroxyl groups excluding tert-OH is 1. The molecule has 1 heterocycles. The van der Waals surface area contributed by atoms with Crippen molar-refractivity contribution in [3.63, 3.8) is 0 Å². The van der Waals surface area contributed by atoms with Crippen LogP contribution in [-0.2, 0) is 18.4 Å². The van der Waals surface area contributed by atoms with E-state index in [0.29, 0.717) is 6.42 Å². The zero-order valence-electron chi connectivity index (χ0n) is 13.5. The van der Waals surface area contributed by atoms with Gasteiger partial charge in [-0.2, -0.15) is 5.10 Å². The van der Waals surface area contributed by atoms with Crippen LogP contribution in [0.3, 0.4) is 0 Å². The third kappa shape index (κ3) is 4.18. The van der Waals surface area contributed by atoms with Crippen LogP contribution in [0.1, 0.15) is 56.9 Å². The molecule has 2 rings (SSSR count). The largest absolute Gasteiger partial charge is 0.388 e. The van der Waals surface area contributed by atoms with E-state index in [-0.39, 0.29) is 5.41 Å². The van der Waals surface area contributed by atoms with Gasteiger partial charge >= 0.3 is 0 Å². The van der Waals surface area contributed by atoms with Crippen LogP contribution < -0.4 is 0 Å². The molecule has 0 bridgehead atoms. The zero-order chi connectivity index (χ0) is 15.5. The lowest BCUT2D eigenvalue weighted by Gasteiger charge is -2.19. The molecule has 3 nitrogen and oxygen atoms in total. The van der Waals surface area contributed by atoms with Crippen molar-refractivity contribution in [1.82, 2.24) is 9.78 Å². The summed E-state index contributed by atoms with van der Waals surface area (Å²) in [6.07, 6.45) is 4.89. The van der Waals surface area contributed by atoms with Crippen LogP contribution in [0.4, 0.5) is 0 Å². The van der Waals surface area contributed by atoms with Gasteiger partial charge in [0, 0.05) is 24.7 Å². The number of aryl methyl sites for hydroxylation is 1. The monoisotopic (exact) mass is 286 g/mol. The molecule has 1 aromatic heterocycles. The second-order valence-corrected chi connectivity index (χ2v) is 6.70. The summed E-state index contributed by atoms with van der Waals surface area (Å²) in [7, 11) is 0. The van der Waals surface area contributed by atoms with Crippen LogP contribution in [0.5, 0.6) is 0 Å². The highest BCUT2D eigenvalue weighted by molar-refractivity contribution is 5.28. The fraction of sp³-hybridized carbons (Fsp3) is 0.500. The van der Waals surface area contributed by atoms with Crippen molar-refractivity contribution in [2.75, 3.05) is 0 Å². The van der Waals surface area contributed by atoms with Crippen LogP contribution in [0, 0.1) is 0 Å². The maximum Gasteiger partial charge on any atom is 0.0860 e. The Morgan fingerprint density at radius 1 is 1.19 bits per heavy atom. The predicted molar refractivity (Wildman–Crippen MR) is 86.3 cm³/mol. The Morgan fingerprint density at radius 2 is 1.86 bits per heavy atom. The second-order valence-electron chi connectivity index (χ2n) is 6.70. The minimum absolute atomic E-state index is 0.165. The molecule has 1 atom stereocenters. The smallest absolute Gasteiger partial charge is 0.0860 e. The van der Waals surface area contributed by atoms with Gasteiger partial charge in [0.25, 0.3) is 0 Å². The molecule has 1 N–H and O–H groups in total. The highest BCUT2D eigenvalue weighted by Crippen LogP contribution is 2.24. The molecule has 0 radical (unpaired) electrons. The molecule has 0 aliphatic rings. The van der Waals surface area contributed by atoms with E-state index in [1.165, 1.54) is 5.56 Å². The SMILES string of the molecule is CCCn1cc(C(O)Cc2ccc(C(C)(C)C)cc2)cn1. The fourth-order valence-electron chi connectivity index (χ4n) is 2.38. The molecule has 0 aliphatic heterocycles. The molecule has 3 heteroatoms. The van der Waals surface area contributed by atoms with Gasteiger partial charge in [-0.15, -0.1) is 0 Å². The first-order valence-corrected chi connectivity index (χ1v) is 7.70. The Morgan fingerprint density at radius 3 is 2.43 bits per heavy atom. The molecule has 0 saturated heterocycles. The molecule has 0 spiro atoms. The maximum absolute atomic E-state index is 10.3. The van der Waals surface area contributed by atoms with Gasteiger partial charge in [0.2, 0.25) is 0 Å². The predicted octanol–water partition coefficient (Wildman–Crippen LogP) is 3.87. The minimum Gasteiger partial charge on any atom is -0.388 e. The van der Waals surface area contributed by atoms with Gasteiger partial charge in [-0.25, -0.2) is 0 Å². The highest BCUT2D eigenvalue weighted by atomic mass is 16.3. The summed E-state index contributed by atoms with van der Waals surface area (Å²) < 4.78 is 1.89. The van der Waals surface area contributed by atoms with E-state index < -0.39 is 6.10 Å². The Labute approximate surface area is 127 Å². The minimum atomic E-state index is -0.490.